The summed E-state index contributed by atoms with van der Waals surface area (Å²) in [6, 6.07) is 19.8. The number of nitrogens with one attached hydrogen (secondary N) is 1. The summed E-state index contributed by atoms with van der Waals surface area (Å²) in [5.74, 6) is 0.403. The van der Waals surface area contributed by atoms with Crippen molar-refractivity contribution in [1.29, 1.82) is 0 Å². The number of hydrogen-bond donors (Lipinski definition) is 1. The van der Waals surface area contributed by atoms with E-state index in [0.29, 0.717) is 5.82 Å². The standard InChI is InChI=1S/C25H23BrN4O/c1-15-8-13-22(17(3)14-15)30-24(19-9-11-20(26)12-10-19)28-23(29-30)25(31)27-21-7-5-6-16(2)18(21)4/h5-14H,1-4H3,(H,27,31). The highest BCUT2D eigenvalue weighted by atomic mass is 79.9. The second-order valence-electron chi connectivity index (χ2n) is 7.67. The van der Waals surface area contributed by atoms with Gasteiger partial charge in [-0.1, -0.05) is 57.9 Å². The van der Waals surface area contributed by atoms with E-state index in [4.69, 9.17) is 0 Å². The van der Waals surface area contributed by atoms with Crippen molar-refractivity contribution in [3.8, 4) is 17.1 Å². The topological polar surface area (TPSA) is 59.8 Å². The first-order valence-electron chi connectivity index (χ1n) is 10.0. The molecule has 0 aliphatic rings. The summed E-state index contributed by atoms with van der Waals surface area (Å²) < 4.78 is 2.72. The van der Waals surface area contributed by atoms with Crippen LogP contribution in [0.5, 0.6) is 0 Å². The molecule has 0 fully saturated rings. The van der Waals surface area contributed by atoms with Gasteiger partial charge in [0.05, 0.1) is 5.69 Å². The molecule has 1 heterocycles. The van der Waals surface area contributed by atoms with Gasteiger partial charge in [-0.15, -0.1) is 5.10 Å². The van der Waals surface area contributed by atoms with Gasteiger partial charge in [0.1, 0.15) is 0 Å². The van der Waals surface area contributed by atoms with E-state index in [2.05, 4.69) is 44.3 Å². The fourth-order valence-corrected chi connectivity index (χ4v) is 3.73. The Morgan fingerprint density at radius 2 is 1.68 bits per heavy atom. The third-order valence-corrected chi connectivity index (χ3v) is 5.87. The molecule has 0 aliphatic carbocycles. The molecule has 6 heteroatoms. The van der Waals surface area contributed by atoms with Crippen LogP contribution in [0.25, 0.3) is 17.1 Å². The minimum absolute atomic E-state index is 0.124. The van der Waals surface area contributed by atoms with Crippen LogP contribution < -0.4 is 5.32 Å². The molecule has 0 bridgehead atoms. The van der Waals surface area contributed by atoms with E-state index in [0.717, 1.165) is 38.1 Å². The zero-order valence-corrected chi connectivity index (χ0v) is 19.5. The molecule has 4 rings (SSSR count). The summed E-state index contributed by atoms with van der Waals surface area (Å²) in [7, 11) is 0. The molecule has 1 aromatic heterocycles. The number of anilines is 1. The number of halogens is 1. The Labute approximate surface area is 190 Å². The van der Waals surface area contributed by atoms with Gasteiger partial charge < -0.3 is 5.32 Å². The Kier molecular flexibility index (Phi) is 5.74. The lowest BCUT2D eigenvalue weighted by molar-refractivity contribution is 0.101. The molecule has 0 unspecified atom stereocenters. The number of aromatic nitrogens is 3. The number of amides is 1. The lowest BCUT2D eigenvalue weighted by Crippen LogP contribution is -2.15. The summed E-state index contributed by atoms with van der Waals surface area (Å²) in [5.41, 5.74) is 6.89. The molecule has 0 saturated heterocycles. The highest BCUT2D eigenvalue weighted by Crippen LogP contribution is 2.26. The predicted molar refractivity (Wildman–Crippen MR) is 128 cm³/mol. The fraction of sp³-hybridized carbons (Fsp3) is 0.160. The van der Waals surface area contributed by atoms with Crippen LogP contribution in [0.3, 0.4) is 0 Å². The van der Waals surface area contributed by atoms with E-state index < -0.39 is 0 Å². The molecule has 0 aliphatic heterocycles. The van der Waals surface area contributed by atoms with Crippen molar-refractivity contribution in [3.63, 3.8) is 0 Å². The van der Waals surface area contributed by atoms with Crippen LogP contribution in [-0.4, -0.2) is 20.7 Å². The summed E-state index contributed by atoms with van der Waals surface area (Å²) in [5, 5.41) is 7.56. The third kappa shape index (κ3) is 4.30. The minimum atomic E-state index is -0.337. The van der Waals surface area contributed by atoms with Crippen LogP contribution in [0.15, 0.2) is 65.1 Å². The Hall–Kier alpha value is -3.25. The van der Waals surface area contributed by atoms with Crippen LogP contribution in [0.2, 0.25) is 0 Å². The molecule has 3 aromatic carbocycles. The summed E-state index contributed by atoms with van der Waals surface area (Å²) in [6.45, 7) is 8.09. The number of nitrogens with zero attached hydrogens (tertiary/aromatic N) is 3. The molecule has 1 amide bonds. The van der Waals surface area contributed by atoms with Crippen LogP contribution in [0.1, 0.15) is 32.9 Å². The first kappa shape index (κ1) is 21.0. The monoisotopic (exact) mass is 474 g/mol. The van der Waals surface area contributed by atoms with Gasteiger partial charge in [-0.3, -0.25) is 4.79 Å². The zero-order chi connectivity index (χ0) is 22.1. The smallest absolute Gasteiger partial charge is 0.295 e. The summed E-state index contributed by atoms with van der Waals surface area (Å²) >= 11 is 3.47. The first-order chi connectivity index (χ1) is 14.8. The molecular formula is C25H23BrN4O. The number of carbonyl (C=O) groups is 1. The van der Waals surface area contributed by atoms with Crippen molar-refractivity contribution in [3.05, 3.63) is 93.2 Å². The molecule has 1 N–H and O–H groups in total. The minimum Gasteiger partial charge on any atom is -0.319 e. The van der Waals surface area contributed by atoms with Crippen molar-refractivity contribution in [2.75, 3.05) is 5.32 Å². The number of benzene rings is 3. The normalized spacial score (nSPS) is 10.9. The van der Waals surface area contributed by atoms with E-state index >= 15 is 0 Å². The van der Waals surface area contributed by atoms with Crippen LogP contribution in [0.4, 0.5) is 5.69 Å². The molecule has 0 atom stereocenters. The average Bonchev–Trinajstić information content (AvgIpc) is 3.17. The Morgan fingerprint density at radius 1 is 0.935 bits per heavy atom. The molecule has 0 radical (unpaired) electrons. The molecule has 0 spiro atoms. The van der Waals surface area contributed by atoms with Crippen molar-refractivity contribution < 1.29 is 4.79 Å². The maximum absolute atomic E-state index is 13.0. The predicted octanol–water partition coefficient (Wildman–Crippen LogP) is 6.18. The maximum Gasteiger partial charge on any atom is 0.295 e. The van der Waals surface area contributed by atoms with E-state index in [1.54, 1.807) is 4.68 Å². The van der Waals surface area contributed by atoms with Gasteiger partial charge in [0, 0.05) is 15.7 Å². The summed E-state index contributed by atoms with van der Waals surface area (Å²) in [6.07, 6.45) is 0. The second-order valence-corrected chi connectivity index (χ2v) is 8.58. The Bertz CT molecular complexity index is 1280. The van der Waals surface area contributed by atoms with E-state index in [1.807, 2.05) is 75.4 Å². The lowest BCUT2D eigenvalue weighted by atomic mass is 10.1. The maximum atomic E-state index is 13.0. The second kappa shape index (κ2) is 8.47. The number of carbonyl (C=O) groups excluding carboxylic acids is 1. The molecular weight excluding hydrogens is 452 g/mol. The quantitative estimate of drug-likeness (QED) is 0.383. The molecule has 4 aromatic rings. The SMILES string of the molecule is Cc1ccc(-n2nc(C(=O)Nc3cccc(C)c3C)nc2-c2ccc(Br)cc2)c(C)c1. The van der Waals surface area contributed by atoms with Gasteiger partial charge in [0.15, 0.2) is 5.82 Å². The zero-order valence-electron chi connectivity index (χ0n) is 17.9. The Balaban J connectivity index is 1.80. The lowest BCUT2D eigenvalue weighted by Gasteiger charge is -2.10. The molecule has 0 saturated carbocycles. The van der Waals surface area contributed by atoms with Crippen LogP contribution in [0, 0.1) is 27.7 Å². The van der Waals surface area contributed by atoms with Gasteiger partial charge in [-0.2, -0.15) is 0 Å². The highest BCUT2D eigenvalue weighted by molar-refractivity contribution is 9.10. The largest absolute Gasteiger partial charge is 0.319 e. The highest BCUT2D eigenvalue weighted by Gasteiger charge is 2.20. The van der Waals surface area contributed by atoms with E-state index in [1.165, 1.54) is 5.56 Å². The van der Waals surface area contributed by atoms with E-state index in [-0.39, 0.29) is 11.7 Å². The summed E-state index contributed by atoms with van der Waals surface area (Å²) in [4.78, 5) is 17.7. The van der Waals surface area contributed by atoms with Crippen molar-refractivity contribution in [2.45, 2.75) is 27.7 Å². The Morgan fingerprint density at radius 3 is 2.39 bits per heavy atom. The van der Waals surface area contributed by atoms with Gasteiger partial charge in [-0.25, -0.2) is 9.67 Å². The van der Waals surface area contributed by atoms with Crippen molar-refractivity contribution >= 4 is 27.5 Å². The van der Waals surface area contributed by atoms with E-state index in [9.17, 15) is 4.79 Å². The van der Waals surface area contributed by atoms with Crippen molar-refractivity contribution in [2.24, 2.45) is 0 Å². The number of hydrogen-bond acceptors (Lipinski definition) is 3. The molecule has 156 valence electrons. The van der Waals surface area contributed by atoms with Crippen LogP contribution >= 0.6 is 15.9 Å². The first-order valence-corrected chi connectivity index (χ1v) is 10.8. The van der Waals surface area contributed by atoms with Crippen LogP contribution in [-0.2, 0) is 0 Å². The fourth-order valence-electron chi connectivity index (χ4n) is 3.47. The third-order valence-electron chi connectivity index (χ3n) is 5.35. The van der Waals surface area contributed by atoms with Crippen molar-refractivity contribution in [1.82, 2.24) is 14.8 Å². The molecule has 31 heavy (non-hydrogen) atoms. The number of rotatable bonds is 4. The van der Waals surface area contributed by atoms with Gasteiger partial charge in [0.25, 0.3) is 5.91 Å². The molecule has 5 nitrogen and oxygen atoms in total. The van der Waals surface area contributed by atoms with Gasteiger partial charge in [0.2, 0.25) is 5.82 Å². The number of aryl methyl sites for hydroxylation is 3. The van der Waals surface area contributed by atoms with Gasteiger partial charge in [-0.05, 0) is 68.7 Å². The average molecular weight is 475 g/mol. The van der Waals surface area contributed by atoms with Gasteiger partial charge >= 0.3 is 0 Å².